The molecule has 1 atom stereocenters. The van der Waals surface area contributed by atoms with Crippen LogP contribution in [0.3, 0.4) is 0 Å². The molecule has 1 amide bonds. The van der Waals surface area contributed by atoms with E-state index in [0.29, 0.717) is 0 Å². The molecule has 1 unspecified atom stereocenters. The number of carbonyl (C=O) groups excluding carboxylic acids is 1. The van der Waals surface area contributed by atoms with Gasteiger partial charge in [0, 0.05) is 4.88 Å². The highest BCUT2D eigenvalue weighted by Gasteiger charge is 2.23. The van der Waals surface area contributed by atoms with Crippen molar-refractivity contribution < 1.29 is 19.3 Å². The molecule has 0 fully saturated rings. The van der Waals surface area contributed by atoms with Gasteiger partial charge in [0.15, 0.2) is 0 Å². The third kappa shape index (κ3) is 3.07. The van der Waals surface area contributed by atoms with Crippen molar-refractivity contribution in [1.29, 1.82) is 0 Å². The van der Waals surface area contributed by atoms with Crippen molar-refractivity contribution in [3.05, 3.63) is 28.1 Å². The lowest BCUT2D eigenvalue weighted by molar-refractivity contribution is -0.137. The molecular formula is C10H10N4O4S. The van der Waals surface area contributed by atoms with Crippen LogP contribution in [0.15, 0.2) is 22.1 Å². The number of amides is 1. The predicted molar refractivity (Wildman–Crippen MR) is 65.5 cm³/mol. The maximum atomic E-state index is 11.9. The van der Waals surface area contributed by atoms with E-state index in [9.17, 15) is 9.59 Å². The second-order valence-electron chi connectivity index (χ2n) is 3.64. The molecule has 19 heavy (non-hydrogen) atoms. The molecule has 0 saturated heterocycles. The number of anilines is 1. The van der Waals surface area contributed by atoms with Gasteiger partial charge in [0.2, 0.25) is 11.5 Å². The summed E-state index contributed by atoms with van der Waals surface area (Å²) in [4.78, 5) is 23.4. The highest BCUT2D eigenvalue weighted by molar-refractivity contribution is 7.10. The lowest BCUT2D eigenvalue weighted by Gasteiger charge is -2.14. The zero-order chi connectivity index (χ0) is 13.8. The maximum absolute atomic E-state index is 11.9. The van der Waals surface area contributed by atoms with Crippen LogP contribution >= 0.6 is 11.3 Å². The Hall–Kier alpha value is -2.42. The van der Waals surface area contributed by atoms with Gasteiger partial charge < -0.3 is 16.2 Å². The van der Waals surface area contributed by atoms with Gasteiger partial charge in [0.1, 0.15) is 0 Å². The number of nitrogens with zero attached hydrogens (tertiary/aromatic N) is 2. The molecule has 100 valence electrons. The van der Waals surface area contributed by atoms with Crippen LogP contribution in [0.4, 0.5) is 5.82 Å². The Kier molecular flexibility index (Phi) is 3.76. The third-order valence-corrected chi connectivity index (χ3v) is 3.29. The molecule has 4 N–H and O–H groups in total. The first-order chi connectivity index (χ1) is 9.08. The normalized spacial score (nSPS) is 12.0. The standard InChI is InChI=1S/C10H10N4O4S/c11-9-8(13-18-14-9)10(17)12-5(4-7(15)16)6-2-1-3-19-6/h1-3,5H,4H2,(H2,11,14)(H,12,17)(H,15,16). The van der Waals surface area contributed by atoms with Crippen molar-refractivity contribution in [3.8, 4) is 0 Å². The van der Waals surface area contributed by atoms with Gasteiger partial charge in [-0.25, -0.2) is 4.63 Å². The first-order valence-corrected chi connectivity index (χ1v) is 6.10. The highest BCUT2D eigenvalue weighted by atomic mass is 32.1. The largest absolute Gasteiger partial charge is 0.481 e. The Labute approximate surface area is 111 Å². The molecule has 0 aliphatic rings. The first-order valence-electron chi connectivity index (χ1n) is 5.22. The minimum atomic E-state index is -1.02. The lowest BCUT2D eigenvalue weighted by Crippen LogP contribution is -2.30. The maximum Gasteiger partial charge on any atom is 0.305 e. The molecule has 9 heteroatoms. The zero-order valence-electron chi connectivity index (χ0n) is 9.57. The molecule has 0 bridgehead atoms. The number of nitrogen functional groups attached to an aromatic ring is 1. The average molecular weight is 282 g/mol. The van der Waals surface area contributed by atoms with E-state index in [0.717, 1.165) is 4.88 Å². The van der Waals surface area contributed by atoms with Crippen LogP contribution in [-0.2, 0) is 4.79 Å². The van der Waals surface area contributed by atoms with Gasteiger partial charge in [-0.1, -0.05) is 6.07 Å². The number of nitrogens with two attached hydrogens (primary N) is 1. The van der Waals surface area contributed by atoms with E-state index in [-0.39, 0.29) is 17.9 Å². The smallest absolute Gasteiger partial charge is 0.305 e. The minimum Gasteiger partial charge on any atom is -0.481 e. The first kappa shape index (κ1) is 13.0. The van der Waals surface area contributed by atoms with Crippen molar-refractivity contribution in [3.63, 3.8) is 0 Å². The number of aromatic nitrogens is 2. The van der Waals surface area contributed by atoms with Gasteiger partial charge in [-0.05, 0) is 21.8 Å². The van der Waals surface area contributed by atoms with E-state index < -0.39 is 17.9 Å². The van der Waals surface area contributed by atoms with Crippen molar-refractivity contribution in [2.75, 3.05) is 5.73 Å². The van der Waals surface area contributed by atoms with Crippen LogP contribution in [0.5, 0.6) is 0 Å². The monoisotopic (exact) mass is 282 g/mol. The van der Waals surface area contributed by atoms with Crippen molar-refractivity contribution in [2.45, 2.75) is 12.5 Å². The second kappa shape index (κ2) is 5.48. The number of aliphatic carboxylic acids is 1. The summed E-state index contributed by atoms with van der Waals surface area (Å²) in [5.41, 5.74) is 5.23. The molecule has 8 nitrogen and oxygen atoms in total. The zero-order valence-corrected chi connectivity index (χ0v) is 10.4. The van der Waals surface area contributed by atoms with Gasteiger partial charge in [0.25, 0.3) is 5.91 Å². The van der Waals surface area contributed by atoms with Crippen LogP contribution in [0, 0.1) is 0 Å². The summed E-state index contributed by atoms with van der Waals surface area (Å²) in [5.74, 6) is -1.79. The van der Waals surface area contributed by atoms with E-state index in [1.165, 1.54) is 11.3 Å². The molecule has 0 aromatic carbocycles. The molecule has 2 aromatic rings. The van der Waals surface area contributed by atoms with Gasteiger partial charge in [-0.2, -0.15) is 0 Å². The molecule has 0 saturated carbocycles. The predicted octanol–water partition coefficient (Wildman–Crippen LogP) is 0.659. The van der Waals surface area contributed by atoms with Crippen molar-refractivity contribution in [1.82, 2.24) is 15.6 Å². The van der Waals surface area contributed by atoms with Crippen LogP contribution in [0.25, 0.3) is 0 Å². The van der Waals surface area contributed by atoms with Gasteiger partial charge in [-0.15, -0.1) is 11.3 Å². The van der Waals surface area contributed by atoms with E-state index in [4.69, 9.17) is 10.8 Å². The molecule has 0 aliphatic carbocycles. The highest BCUT2D eigenvalue weighted by Crippen LogP contribution is 2.22. The Bertz CT molecular complexity index is 580. The number of hydrogen-bond acceptors (Lipinski definition) is 7. The molecule has 0 aliphatic heterocycles. The molecule has 2 heterocycles. The molecule has 0 spiro atoms. The van der Waals surface area contributed by atoms with E-state index >= 15 is 0 Å². The fourth-order valence-corrected chi connectivity index (χ4v) is 2.24. The fraction of sp³-hybridized carbons (Fsp3) is 0.200. The van der Waals surface area contributed by atoms with Crippen LogP contribution < -0.4 is 11.1 Å². The Morgan fingerprint density at radius 2 is 2.32 bits per heavy atom. The Morgan fingerprint density at radius 3 is 2.84 bits per heavy atom. The van der Waals surface area contributed by atoms with Gasteiger partial charge in [0.05, 0.1) is 12.5 Å². The van der Waals surface area contributed by atoms with Crippen molar-refractivity contribution in [2.24, 2.45) is 0 Å². The summed E-state index contributed by atoms with van der Waals surface area (Å²) in [5, 5.41) is 19.8. The molecular weight excluding hydrogens is 272 g/mol. The van der Waals surface area contributed by atoms with Crippen LogP contribution in [0.1, 0.15) is 27.8 Å². The second-order valence-corrected chi connectivity index (χ2v) is 4.62. The Morgan fingerprint density at radius 1 is 1.53 bits per heavy atom. The summed E-state index contributed by atoms with van der Waals surface area (Å²) >= 11 is 1.35. The lowest BCUT2D eigenvalue weighted by atomic mass is 10.1. The number of thiophene rings is 1. The van der Waals surface area contributed by atoms with Crippen LogP contribution in [0.2, 0.25) is 0 Å². The number of hydrogen-bond donors (Lipinski definition) is 3. The molecule has 0 radical (unpaired) electrons. The quantitative estimate of drug-likeness (QED) is 0.733. The van der Waals surface area contributed by atoms with Gasteiger partial charge >= 0.3 is 5.97 Å². The van der Waals surface area contributed by atoms with Gasteiger partial charge in [-0.3, -0.25) is 9.59 Å². The summed E-state index contributed by atoms with van der Waals surface area (Å²) in [6.07, 6.45) is -0.239. The number of nitrogens with one attached hydrogen (secondary N) is 1. The number of rotatable bonds is 5. The summed E-state index contributed by atoms with van der Waals surface area (Å²) in [7, 11) is 0. The molecule has 2 rings (SSSR count). The topological polar surface area (TPSA) is 131 Å². The summed E-state index contributed by atoms with van der Waals surface area (Å²) in [6.45, 7) is 0. The van der Waals surface area contributed by atoms with E-state index in [2.05, 4.69) is 20.3 Å². The average Bonchev–Trinajstić information content (AvgIpc) is 2.97. The third-order valence-electron chi connectivity index (χ3n) is 2.30. The SMILES string of the molecule is Nc1nonc1C(=O)NC(CC(=O)O)c1cccs1. The number of carbonyl (C=O) groups is 2. The van der Waals surface area contributed by atoms with Crippen LogP contribution in [-0.4, -0.2) is 27.3 Å². The number of carboxylic acids is 1. The minimum absolute atomic E-state index is 0.141. The van der Waals surface area contributed by atoms with E-state index in [1.54, 1.807) is 17.5 Å². The summed E-state index contributed by atoms with van der Waals surface area (Å²) < 4.78 is 4.32. The Balaban J connectivity index is 2.15. The molecule has 2 aromatic heterocycles. The fourth-order valence-electron chi connectivity index (χ4n) is 1.47. The van der Waals surface area contributed by atoms with Crippen molar-refractivity contribution >= 4 is 29.0 Å². The number of carboxylic acid groups (broad SMARTS) is 1. The van der Waals surface area contributed by atoms with E-state index in [1.807, 2.05) is 0 Å². The summed E-state index contributed by atoms with van der Waals surface area (Å²) in [6, 6.07) is 2.86.